The number of carbonyl (C=O) groups excluding carboxylic acids is 1. The van der Waals surface area contributed by atoms with Crippen molar-refractivity contribution >= 4 is 5.97 Å². The molecule has 0 atom stereocenters. The molecule has 1 saturated heterocycles. The van der Waals surface area contributed by atoms with Crippen LogP contribution in [0.3, 0.4) is 0 Å². The summed E-state index contributed by atoms with van der Waals surface area (Å²) >= 11 is 0. The Morgan fingerprint density at radius 3 is 3.14 bits per heavy atom. The van der Waals surface area contributed by atoms with Crippen LogP contribution in [0.15, 0.2) is 12.5 Å². The van der Waals surface area contributed by atoms with Gasteiger partial charge in [0.15, 0.2) is 0 Å². The van der Waals surface area contributed by atoms with E-state index >= 15 is 0 Å². The van der Waals surface area contributed by atoms with Crippen molar-refractivity contribution in [3.8, 4) is 0 Å². The molecule has 1 aliphatic rings. The summed E-state index contributed by atoms with van der Waals surface area (Å²) in [6.45, 7) is 2.18. The molecule has 1 N–H and O–H groups in total. The minimum atomic E-state index is -0.239. The molecule has 0 bridgehead atoms. The van der Waals surface area contributed by atoms with Crippen molar-refractivity contribution in [1.29, 1.82) is 0 Å². The van der Waals surface area contributed by atoms with Crippen LogP contribution in [0.1, 0.15) is 11.6 Å². The fourth-order valence-corrected chi connectivity index (χ4v) is 1.50. The van der Waals surface area contributed by atoms with Gasteiger partial charge in [0.05, 0.1) is 13.4 Å². The van der Waals surface area contributed by atoms with Crippen molar-refractivity contribution in [3.63, 3.8) is 0 Å². The zero-order chi connectivity index (χ0) is 9.97. The first-order valence-corrected chi connectivity index (χ1v) is 4.59. The van der Waals surface area contributed by atoms with Gasteiger partial charge in [-0.3, -0.25) is 4.79 Å². The van der Waals surface area contributed by atoms with Crippen LogP contribution in [0.4, 0.5) is 0 Å². The van der Waals surface area contributed by atoms with E-state index in [4.69, 9.17) is 0 Å². The predicted molar refractivity (Wildman–Crippen MR) is 49.9 cm³/mol. The van der Waals surface area contributed by atoms with E-state index in [1.807, 2.05) is 10.8 Å². The molecule has 1 aliphatic heterocycles. The maximum absolute atomic E-state index is 11.1. The van der Waals surface area contributed by atoms with Gasteiger partial charge in [0.25, 0.3) is 0 Å². The maximum atomic E-state index is 11.1. The molecule has 0 aliphatic carbocycles. The number of imidazole rings is 1. The second kappa shape index (κ2) is 3.79. The summed E-state index contributed by atoms with van der Waals surface area (Å²) in [6.07, 6.45) is 3.49. The zero-order valence-corrected chi connectivity index (χ0v) is 8.06. The van der Waals surface area contributed by atoms with Crippen LogP contribution in [-0.2, 0) is 16.1 Å². The molecular formula is C9H13N3O2. The first kappa shape index (κ1) is 9.21. The topological polar surface area (TPSA) is 56.2 Å². The lowest BCUT2D eigenvalue weighted by atomic mass is 10.00. The summed E-state index contributed by atoms with van der Waals surface area (Å²) in [5.41, 5.74) is 1.11. The molecule has 1 fully saturated rings. The van der Waals surface area contributed by atoms with Crippen molar-refractivity contribution < 1.29 is 9.53 Å². The first-order chi connectivity index (χ1) is 6.81. The van der Waals surface area contributed by atoms with Crippen LogP contribution >= 0.6 is 0 Å². The van der Waals surface area contributed by atoms with E-state index in [-0.39, 0.29) is 12.5 Å². The highest BCUT2D eigenvalue weighted by molar-refractivity contribution is 5.69. The van der Waals surface area contributed by atoms with E-state index in [9.17, 15) is 4.79 Å². The van der Waals surface area contributed by atoms with Gasteiger partial charge in [-0.2, -0.15) is 0 Å². The summed E-state index contributed by atoms with van der Waals surface area (Å²) in [5, 5.41) is 3.19. The van der Waals surface area contributed by atoms with Crippen molar-refractivity contribution in [1.82, 2.24) is 14.9 Å². The molecule has 0 amide bonds. The van der Waals surface area contributed by atoms with Gasteiger partial charge in [0.1, 0.15) is 6.54 Å². The Hall–Kier alpha value is -1.36. The van der Waals surface area contributed by atoms with Crippen LogP contribution in [0, 0.1) is 0 Å². The molecule has 1 aromatic rings. The lowest BCUT2D eigenvalue weighted by Crippen LogP contribution is -2.41. The molecular weight excluding hydrogens is 182 g/mol. The Kier molecular flexibility index (Phi) is 2.49. The van der Waals surface area contributed by atoms with Gasteiger partial charge in [0, 0.05) is 30.9 Å². The molecule has 76 valence electrons. The third-order valence-electron chi connectivity index (χ3n) is 2.47. The molecule has 0 radical (unpaired) electrons. The maximum Gasteiger partial charge on any atom is 0.325 e. The fraction of sp³-hybridized carbons (Fsp3) is 0.556. The van der Waals surface area contributed by atoms with Crippen molar-refractivity contribution in [2.24, 2.45) is 0 Å². The van der Waals surface area contributed by atoms with E-state index in [1.165, 1.54) is 7.11 Å². The number of methoxy groups -OCH3 is 1. The normalized spacial score (nSPS) is 16.4. The number of ether oxygens (including phenoxy) is 1. The molecule has 5 heteroatoms. The smallest absolute Gasteiger partial charge is 0.325 e. The number of nitrogens with zero attached hydrogens (tertiary/aromatic N) is 2. The lowest BCUT2D eigenvalue weighted by Gasteiger charge is -2.27. The summed E-state index contributed by atoms with van der Waals surface area (Å²) in [4.78, 5) is 15.1. The van der Waals surface area contributed by atoms with E-state index in [2.05, 4.69) is 15.0 Å². The molecule has 0 aromatic carbocycles. The third kappa shape index (κ3) is 1.63. The second-order valence-electron chi connectivity index (χ2n) is 3.38. The lowest BCUT2D eigenvalue weighted by molar-refractivity contribution is -0.141. The Bertz CT molecular complexity index is 331. The highest BCUT2D eigenvalue weighted by Crippen LogP contribution is 2.18. The van der Waals surface area contributed by atoms with Crippen molar-refractivity contribution in [2.45, 2.75) is 12.5 Å². The summed E-state index contributed by atoms with van der Waals surface area (Å²) < 4.78 is 6.45. The third-order valence-corrected chi connectivity index (χ3v) is 2.47. The minimum Gasteiger partial charge on any atom is -0.468 e. The van der Waals surface area contributed by atoms with Gasteiger partial charge in [-0.25, -0.2) is 4.98 Å². The number of rotatable bonds is 3. The van der Waals surface area contributed by atoms with Crippen LogP contribution in [0.25, 0.3) is 0 Å². The number of nitrogens with one attached hydrogen (secondary N) is 1. The van der Waals surface area contributed by atoms with E-state index in [0.717, 1.165) is 18.8 Å². The van der Waals surface area contributed by atoms with Gasteiger partial charge in [-0.05, 0) is 0 Å². The standard InChI is InChI=1S/C9H13N3O2/c1-14-9(13)5-12-6-11-4-8(12)7-2-10-3-7/h4,6-7,10H,2-3,5H2,1H3. The number of hydrogen-bond donors (Lipinski definition) is 1. The highest BCUT2D eigenvalue weighted by atomic mass is 16.5. The number of aromatic nitrogens is 2. The van der Waals surface area contributed by atoms with E-state index in [1.54, 1.807) is 6.33 Å². The van der Waals surface area contributed by atoms with Crippen LogP contribution in [-0.4, -0.2) is 35.7 Å². The second-order valence-corrected chi connectivity index (χ2v) is 3.38. The molecule has 2 rings (SSSR count). The Balaban J connectivity index is 2.08. The summed E-state index contributed by atoms with van der Waals surface area (Å²) in [7, 11) is 1.39. The Morgan fingerprint density at radius 1 is 1.79 bits per heavy atom. The average molecular weight is 195 g/mol. The SMILES string of the molecule is COC(=O)Cn1cncc1C1CNC1. The van der Waals surface area contributed by atoms with Crippen LogP contribution in [0.5, 0.6) is 0 Å². The van der Waals surface area contributed by atoms with Gasteiger partial charge < -0.3 is 14.6 Å². The van der Waals surface area contributed by atoms with Gasteiger partial charge in [-0.15, -0.1) is 0 Å². The predicted octanol–water partition coefficient (Wildman–Crippen LogP) is -0.257. The first-order valence-electron chi connectivity index (χ1n) is 4.59. The van der Waals surface area contributed by atoms with Crippen LogP contribution in [0.2, 0.25) is 0 Å². The minimum absolute atomic E-state index is 0.239. The number of esters is 1. The Morgan fingerprint density at radius 2 is 2.57 bits per heavy atom. The molecule has 0 saturated carbocycles. The monoisotopic (exact) mass is 195 g/mol. The quantitative estimate of drug-likeness (QED) is 0.675. The van der Waals surface area contributed by atoms with E-state index in [0.29, 0.717) is 5.92 Å². The zero-order valence-electron chi connectivity index (χ0n) is 8.06. The molecule has 14 heavy (non-hydrogen) atoms. The molecule has 2 heterocycles. The van der Waals surface area contributed by atoms with E-state index < -0.39 is 0 Å². The fourth-order valence-electron chi connectivity index (χ4n) is 1.50. The largest absolute Gasteiger partial charge is 0.468 e. The molecule has 0 spiro atoms. The van der Waals surface area contributed by atoms with Crippen molar-refractivity contribution in [3.05, 3.63) is 18.2 Å². The highest BCUT2D eigenvalue weighted by Gasteiger charge is 2.22. The summed E-state index contributed by atoms with van der Waals surface area (Å²) in [6, 6.07) is 0. The average Bonchev–Trinajstić information content (AvgIpc) is 2.50. The van der Waals surface area contributed by atoms with Gasteiger partial charge in [0.2, 0.25) is 0 Å². The summed E-state index contributed by atoms with van der Waals surface area (Å²) in [5.74, 6) is 0.249. The molecule has 0 unspecified atom stereocenters. The number of hydrogen-bond acceptors (Lipinski definition) is 4. The Labute approximate surface area is 82.1 Å². The molecule has 5 nitrogen and oxygen atoms in total. The van der Waals surface area contributed by atoms with Gasteiger partial charge in [-0.1, -0.05) is 0 Å². The van der Waals surface area contributed by atoms with Crippen molar-refractivity contribution in [2.75, 3.05) is 20.2 Å². The molecule has 1 aromatic heterocycles. The van der Waals surface area contributed by atoms with Gasteiger partial charge >= 0.3 is 5.97 Å². The number of carbonyl (C=O) groups is 1. The van der Waals surface area contributed by atoms with Crippen LogP contribution < -0.4 is 5.32 Å².